The van der Waals surface area contributed by atoms with Gasteiger partial charge in [0.05, 0.1) is 19.3 Å². The van der Waals surface area contributed by atoms with Crippen LogP contribution in [0.5, 0.6) is 0 Å². The molecule has 0 aliphatic carbocycles. The lowest BCUT2D eigenvalue weighted by molar-refractivity contribution is -0.129. The Morgan fingerprint density at radius 3 is 2.62 bits per heavy atom. The molecule has 1 aromatic heterocycles. The molecule has 2 fully saturated rings. The Morgan fingerprint density at radius 2 is 1.98 bits per heavy atom. The molecular formula is C28H33FN6O7. The smallest absolute Gasteiger partial charge is 0.411 e. The van der Waals surface area contributed by atoms with Crippen LogP contribution in [-0.4, -0.2) is 84.9 Å². The van der Waals surface area contributed by atoms with E-state index >= 15 is 0 Å². The molecule has 13 nitrogen and oxygen atoms in total. The molecule has 14 heteroatoms. The molecule has 3 N–H and O–H groups in total. The number of nitriles is 1. The number of amides is 4. The van der Waals surface area contributed by atoms with Crippen LogP contribution in [-0.2, 0) is 25.5 Å². The largest absolute Gasteiger partial charge is 0.428 e. The van der Waals surface area contributed by atoms with Crippen molar-refractivity contribution in [3.63, 3.8) is 0 Å². The minimum atomic E-state index is -1.43. The van der Waals surface area contributed by atoms with E-state index in [1.165, 1.54) is 35.2 Å². The van der Waals surface area contributed by atoms with E-state index in [-0.39, 0.29) is 37.5 Å². The van der Waals surface area contributed by atoms with Crippen LogP contribution in [0.1, 0.15) is 41.1 Å². The molecule has 0 radical (unpaired) electrons. The van der Waals surface area contributed by atoms with Crippen molar-refractivity contribution < 1.29 is 37.6 Å². The molecule has 4 rings (SSSR count). The van der Waals surface area contributed by atoms with Gasteiger partial charge in [-0.05, 0) is 43.9 Å². The number of ether oxygens (including phenoxy) is 2. The quantitative estimate of drug-likeness (QED) is 0.371. The van der Waals surface area contributed by atoms with Gasteiger partial charge in [0.15, 0.2) is 5.69 Å². The highest BCUT2D eigenvalue weighted by molar-refractivity contribution is 5.96. The minimum Gasteiger partial charge on any atom is -0.428 e. The zero-order valence-electron chi connectivity index (χ0n) is 23.1. The van der Waals surface area contributed by atoms with Crippen LogP contribution < -0.4 is 16.0 Å². The van der Waals surface area contributed by atoms with E-state index in [4.69, 9.17) is 14.0 Å². The lowest BCUT2D eigenvalue weighted by atomic mass is 9.89. The van der Waals surface area contributed by atoms with Crippen LogP contribution in [0.25, 0.3) is 0 Å². The summed E-state index contributed by atoms with van der Waals surface area (Å²) in [6.45, 7) is 3.35. The molecule has 2 aliphatic heterocycles. The van der Waals surface area contributed by atoms with Crippen molar-refractivity contribution in [3.8, 4) is 6.07 Å². The Kier molecular flexibility index (Phi) is 10.4. The van der Waals surface area contributed by atoms with Gasteiger partial charge in [0.25, 0.3) is 5.91 Å². The molecular weight excluding hydrogens is 551 g/mol. The molecule has 1 aromatic carbocycles. The first-order valence-electron chi connectivity index (χ1n) is 13.7. The van der Waals surface area contributed by atoms with E-state index in [1.54, 1.807) is 6.92 Å². The predicted octanol–water partition coefficient (Wildman–Crippen LogP) is 1.23. The van der Waals surface area contributed by atoms with Crippen molar-refractivity contribution in [1.82, 2.24) is 26.0 Å². The fourth-order valence-corrected chi connectivity index (χ4v) is 4.81. The van der Waals surface area contributed by atoms with E-state index in [0.717, 1.165) is 0 Å². The second kappa shape index (κ2) is 14.4. The van der Waals surface area contributed by atoms with Gasteiger partial charge in [-0.25, -0.2) is 9.18 Å². The number of rotatable bonds is 10. The fraction of sp³-hybridized carbons (Fsp3) is 0.500. The van der Waals surface area contributed by atoms with Gasteiger partial charge in [0.1, 0.15) is 23.7 Å². The Labute approximate surface area is 241 Å². The normalized spacial score (nSPS) is 19.0. The highest BCUT2D eigenvalue weighted by Crippen LogP contribution is 2.21. The second-order valence-electron chi connectivity index (χ2n) is 10.2. The molecule has 42 heavy (non-hydrogen) atoms. The standard InChI is InChI=1S/C28H33FN6O7/c1-17-13-23(34-42-17)27(38)33-22(14-18-4-6-20(29)7-5-18)26(37)32-21(15-19-3-2-8-31-25(19)36)24(16-30)41-28(39)35-9-11-40-12-10-35/h4-7,13,19,21-22,24H,2-3,8-12,14-15H2,1H3,(H,31,36)(H,32,37)(H,33,38)/t19-,21-,22-,24-/m0/s1. The number of nitrogens with zero attached hydrogens (tertiary/aromatic N) is 3. The van der Waals surface area contributed by atoms with Crippen LogP contribution >= 0.6 is 0 Å². The first-order chi connectivity index (χ1) is 20.2. The summed E-state index contributed by atoms with van der Waals surface area (Å²) in [6.07, 6.45) is -0.951. The van der Waals surface area contributed by atoms with Crippen molar-refractivity contribution in [1.29, 1.82) is 5.26 Å². The van der Waals surface area contributed by atoms with Crippen molar-refractivity contribution in [2.45, 2.75) is 50.8 Å². The number of nitrogens with one attached hydrogen (secondary N) is 3. The lowest BCUT2D eigenvalue weighted by Crippen LogP contribution is -2.55. The minimum absolute atomic E-state index is 0.0197. The van der Waals surface area contributed by atoms with Crippen LogP contribution in [0.3, 0.4) is 0 Å². The van der Waals surface area contributed by atoms with Gasteiger partial charge < -0.3 is 34.8 Å². The van der Waals surface area contributed by atoms with Crippen LogP contribution in [0.2, 0.25) is 0 Å². The summed E-state index contributed by atoms with van der Waals surface area (Å²) in [6, 6.07) is 6.50. The number of aromatic nitrogens is 1. The monoisotopic (exact) mass is 584 g/mol. The number of halogens is 1. The number of benzene rings is 1. The van der Waals surface area contributed by atoms with E-state index in [9.17, 15) is 28.8 Å². The highest BCUT2D eigenvalue weighted by Gasteiger charge is 2.36. The SMILES string of the molecule is Cc1cc(C(=O)N[C@@H](Cc2ccc(F)cc2)C(=O)N[C@@H](C[C@@H]2CCCNC2=O)[C@H](C#N)OC(=O)N2CCOCC2)no1. The van der Waals surface area contributed by atoms with Crippen molar-refractivity contribution in [2.75, 3.05) is 32.8 Å². The van der Waals surface area contributed by atoms with Crippen molar-refractivity contribution in [3.05, 3.63) is 53.2 Å². The van der Waals surface area contributed by atoms with E-state index in [0.29, 0.717) is 43.9 Å². The third-order valence-electron chi connectivity index (χ3n) is 7.09. The summed E-state index contributed by atoms with van der Waals surface area (Å²) in [5, 5.41) is 21.8. The number of piperidine rings is 1. The summed E-state index contributed by atoms with van der Waals surface area (Å²) in [5.74, 6) is -2.22. The molecule has 4 amide bonds. The number of hydrogen-bond acceptors (Lipinski definition) is 9. The van der Waals surface area contributed by atoms with Gasteiger partial charge in [-0.1, -0.05) is 17.3 Å². The Morgan fingerprint density at radius 1 is 1.24 bits per heavy atom. The molecule has 4 atom stereocenters. The third-order valence-corrected chi connectivity index (χ3v) is 7.09. The second-order valence-corrected chi connectivity index (χ2v) is 10.2. The van der Waals surface area contributed by atoms with Crippen molar-refractivity contribution in [2.24, 2.45) is 5.92 Å². The van der Waals surface area contributed by atoms with Crippen LogP contribution in [0, 0.1) is 30.0 Å². The van der Waals surface area contributed by atoms with Crippen LogP contribution in [0.15, 0.2) is 34.9 Å². The summed E-state index contributed by atoms with van der Waals surface area (Å²) in [7, 11) is 0. The number of aryl methyl sites for hydroxylation is 1. The number of hydrogen-bond donors (Lipinski definition) is 3. The van der Waals surface area contributed by atoms with Gasteiger partial charge in [0.2, 0.25) is 17.9 Å². The summed E-state index contributed by atoms with van der Waals surface area (Å²) < 4.78 is 29.3. The maximum absolute atomic E-state index is 13.7. The Balaban J connectivity index is 1.56. The number of carbonyl (C=O) groups excluding carboxylic acids is 4. The van der Waals surface area contributed by atoms with Crippen LogP contribution in [0.4, 0.5) is 9.18 Å². The average molecular weight is 585 g/mol. The fourth-order valence-electron chi connectivity index (χ4n) is 4.81. The lowest BCUT2D eigenvalue weighted by Gasteiger charge is -2.32. The third kappa shape index (κ3) is 8.26. The first-order valence-corrected chi connectivity index (χ1v) is 13.7. The molecule has 2 saturated heterocycles. The van der Waals surface area contributed by atoms with Gasteiger partial charge >= 0.3 is 6.09 Å². The Hall–Kier alpha value is -4.51. The molecule has 3 heterocycles. The summed E-state index contributed by atoms with van der Waals surface area (Å²) >= 11 is 0. The predicted molar refractivity (Wildman–Crippen MR) is 143 cm³/mol. The molecule has 224 valence electrons. The van der Waals surface area contributed by atoms with E-state index < -0.39 is 47.8 Å². The van der Waals surface area contributed by atoms with E-state index in [1.807, 2.05) is 6.07 Å². The average Bonchev–Trinajstić information content (AvgIpc) is 3.44. The Bertz CT molecular complexity index is 1300. The summed E-state index contributed by atoms with van der Waals surface area (Å²) in [5.41, 5.74) is 0.501. The van der Waals surface area contributed by atoms with Gasteiger partial charge in [-0.2, -0.15) is 5.26 Å². The molecule has 0 spiro atoms. The topological polar surface area (TPSA) is 176 Å². The van der Waals surface area contributed by atoms with E-state index in [2.05, 4.69) is 21.1 Å². The van der Waals surface area contributed by atoms with Gasteiger partial charge in [-0.15, -0.1) is 0 Å². The number of carbonyl (C=O) groups is 4. The molecule has 0 saturated carbocycles. The maximum atomic E-state index is 13.7. The highest BCUT2D eigenvalue weighted by atomic mass is 19.1. The molecule has 0 bridgehead atoms. The van der Waals surface area contributed by atoms with Crippen molar-refractivity contribution >= 4 is 23.8 Å². The zero-order valence-corrected chi connectivity index (χ0v) is 23.1. The molecule has 2 aromatic rings. The van der Waals surface area contributed by atoms with Gasteiger partial charge in [0, 0.05) is 38.0 Å². The summed E-state index contributed by atoms with van der Waals surface area (Å²) in [4.78, 5) is 53.4. The maximum Gasteiger partial charge on any atom is 0.411 e. The van der Waals surface area contributed by atoms with Gasteiger partial charge in [-0.3, -0.25) is 14.4 Å². The number of morpholine rings is 1. The first kappa shape index (κ1) is 30.4. The zero-order chi connectivity index (χ0) is 30.1. The molecule has 2 aliphatic rings. The molecule has 0 unspecified atom stereocenters.